The van der Waals surface area contributed by atoms with Crippen molar-refractivity contribution in [1.82, 2.24) is 0 Å². The van der Waals surface area contributed by atoms with E-state index in [0.717, 1.165) is 5.56 Å². The Labute approximate surface area is 120 Å². The summed E-state index contributed by atoms with van der Waals surface area (Å²) in [4.78, 5) is 0. The Hall–Kier alpha value is -0.860. The summed E-state index contributed by atoms with van der Waals surface area (Å²) in [6.45, 7) is 2.05. The first kappa shape index (κ1) is 13.6. The molecule has 0 aliphatic rings. The number of hydrogen-bond donors (Lipinski definition) is 0. The third-order valence-electron chi connectivity index (χ3n) is 2.80. The van der Waals surface area contributed by atoms with Crippen molar-refractivity contribution in [3.8, 4) is 0 Å². The van der Waals surface area contributed by atoms with Crippen LogP contribution in [0.4, 0.5) is 4.39 Å². The van der Waals surface area contributed by atoms with Gasteiger partial charge in [-0.15, -0.1) is 11.6 Å². The van der Waals surface area contributed by atoms with Crippen molar-refractivity contribution in [3.63, 3.8) is 0 Å². The highest BCUT2D eigenvalue weighted by Crippen LogP contribution is 2.28. The standard InChI is InChI=1S/C15H13BrClF/c1-10-3-2-4-11(7-10)8-14(17)12-5-6-13(16)15(18)9-12/h2-7,9,14H,8H2,1H3. The van der Waals surface area contributed by atoms with Crippen molar-refractivity contribution < 1.29 is 4.39 Å². The molecule has 0 N–H and O–H groups in total. The number of halogens is 3. The molecule has 0 bridgehead atoms. The third kappa shape index (κ3) is 3.33. The van der Waals surface area contributed by atoms with Gasteiger partial charge in [-0.2, -0.15) is 0 Å². The molecule has 2 rings (SSSR count). The van der Waals surface area contributed by atoms with E-state index in [1.54, 1.807) is 6.07 Å². The van der Waals surface area contributed by atoms with E-state index < -0.39 is 0 Å². The van der Waals surface area contributed by atoms with Crippen LogP contribution in [-0.2, 0) is 6.42 Å². The number of alkyl halides is 1. The summed E-state index contributed by atoms with van der Waals surface area (Å²) in [5.74, 6) is -0.276. The van der Waals surface area contributed by atoms with Crippen LogP contribution in [0.3, 0.4) is 0 Å². The Morgan fingerprint density at radius 2 is 2.00 bits per heavy atom. The third-order valence-corrected chi connectivity index (χ3v) is 3.85. The summed E-state index contributed by atoms with van der Waals surface area (Å²) in [6.07, 6.45) is 0.699. The van der Waals surface area contributed by atoms with E-state index in [9.17, 15) is 4.39 Å². The predicted molar refractivity (Wildman–Crippen MR) is 77.6 cm³/mol. The first-order chi connectivity index (χ1) is 8.56. The lowest BCUT2D eigenvalue weighted by Gasteiger charge is -2.11. The summed E-state index contributed by atoms with van der Waals surface area (Å²) in [7, 11) is 0. The average Bonchev–Trinajstić information content (AvgIpc) is 2.32. The van der Waals surface area contributed by atoms with Gasteiger partial charge in [-0.1, -0.05) is 35.9 Å². The van der Waals surface area contributed by atoms with Gasteiger partial charge in [0.15, 0.2) is 0 Å². The smallest absolute Gasteiger partial charge is 0.137 e. The molecule has 0 amide bonds. The summed E-state index contributed by atoms with van der Waals surface area (Å²) >= 11 is 9.47. The van der Waals surface area contributed by atoms with Gasteiger partial charge in [0, 0.05) is 0 Å². The van der Waals surface area contributed by atoms with E-state index in [-0.39, 0.29) is 11.2 Å². The van der Waals surface area contributed by atoms with Gasteiger partial charge in [0.05, 0.1) is 9.85 Å². The maximum atomic E-state index is 13.4. The molecular formula is C15H13BrClF. The number of benzene rings is 2. The molecule has 2 aromatic carbocycles. The number of rotatable bonds is 3. The number of aryl methyl sites for hydroxylation is 1. The minimum atomic E-state index is -0.276. The average molecular weight is 328 g/mol. The molecule has 3 heteroatoms. The summed E-state index contributed by atoms with van der Waals surface area (Å²) in [6, 6.07) is 13.2. The van der Waals surface area contributed by atoms with Crippen LogP contribution in [0.5, 0.6) is 0 Å². The molecule has 18 heavy (non-hydrogen) atoms. The Morgan fingerprint density at radius 1 is 1.22 bits per heavy atom. The molecule has 0 fully saturated rings. The van der Waals surface area contributed by atoms with Gasteiger partial charge in [-0.25, -0.2) is 4.39 Å². The number of hydrogen-bond acceptors (Lipinski definition) is 0. The second kappa shape index (κ2) is 5.85. The van der Waals surface area contributed by atoms with Crippen molar-refractivity contribution in [1.29, 1.82) is 0 Å². The van der Waals surface area contributed by atoms with Gasteiger partial charge in [0.1, 0.15) is 5.82 Å². The fourth-order valence-electron chi connectivity index (χ4n) is 1.87. The van der Waals surface area contributed by atoms with Crippen LogP contribution in [0, 0.1) is 12.7 Å². The second-order valence-electron chi connectivity index (χ2n) is 4.33. The van der Waals surface area contributed by atoms with Gasteiger partial charge in [0.2, 0.25) is 0 Å². The molecule has 0 saturated carbocycles. The lowest BCUT2D eigenvalue weighted by atomic mass is 10.0. The fraction of sp³-hybridized carbons (Fsp3) is 0.200. The first-order valence-electron chi connectivity index (χ1n) is 5.71. The summed E-state index contributed by atoms with van der Waals surface area (Å²) in [5.41, 5.74) is 3.18. The molecule has 0 spiro atoms. The van der Waals surface area contributed by atoms with Gasteiger partial charge >= 0.3 is 0 Å². The van der Waals surface area contributed by atoms with Crippen LogP contribution in [0.25, 0.3) is 0 Å². The topological polar surface area (TPSA) is 0 Å². The molecule has 94 valence electrons. The van der Waals surface area contributed by atoms with Crippen LogP contribution in [-0.4, -0.2) is 0 Å². The highest BCUT2D eigenvalue weighted by Gasteiger charge is 2.11. The Bertz CT molecular complexity index is 554. The minimum absolute atomic E-state index is 0.214. The SMILES string of the molecule is Cc1cccc(CC(Cl)c2ccc(Br)c(F)c2)c1. The Balaban J connectivity index is 2.16. The largest absolute Gasteiger partial charge is 0.206 e. The van der Waals surface area contributed by atoms with E-state index in [1.165, 1.54) is 17.2 Å². The highest BCUT2D eigenvalue weighted by atomic mass is 79.9. The van der Waals surface area contributed by atoms with E-state index in [1.807, 2.05) is 31.2 Å². The zero-order valence-corrected chi connectivity index (χ0v) is 12.3. The molecule has 2 aromatic rings. The van der Waals surface area contributed by atoms with Crippen molar-refractivity contribution in [2.24, 2.45) is 0 Å². The molecule has 0 nitrogen and oxygen atoms in total. The second-order valence-corrected chi connectivity index (χ2v) is 5.72. The summed E-state index contributed by atoms with van der Waals surface area (Å²) in [5, 5.41) is -0.214. The van der Waals surface area contributed by atoms with Crippen molar-refractivity contribution in [2.45, 2.75) is 18.7 Å². The van der Waals surface area contributed by atoms with E-state index >= 15 is 0 Å². The molecule has 0 heterocycles. The molecule has 0 aliphatic heterocycles. The molecular weight excluding hydrogens is 315 g/mol. The van der Waals surface area contributed by atoms with Crippen LogP contribution >= 0.6 is 27.5 Å². The lowest BCUT2D eigenvalue weighted by molar-refractivity contribution is 0.618. The first-order valence-corrected chi connectivity index (χ1v) is 6.94. The van der Waals surface area contributed by atoms with Crippen LogP contribution in [0.15, 0.2) is 46.9 Å². The normalized spacial score (nSPS) is 12.4. The molecule has 0 aromatic heterocycles. The monoisotopic (exact) mass is 326 g/mol. The van der Waals surface area contributed by atoms with Crippen molar-refractivity contribution in [3.05, 3.63) is 69.4 Å². The van der Waals surface area contributed by atoms with Crippen LogP contribution < -0.4 is 0 Å². The Kier molecular flexibility index (Phi) is 4.41. The van der Waals surface area contributed by atoms with E-state index in [4.69, 9.17) is 11.6 Å². The van der Waals surface area contributed by atoms with Gasteiger partial charge in [-0.05, 0) is 52.5 Å². The maximum absolute atomic E-state index is 13.4. The van der Waals surface area contributed by atoms with Gasteiger partial charge in [0.25, 0.3) is 0 Å². The van der Waals surface area contributed by atoms with Crippen LogP contribution in [0.1, 0.15) is 22.1 Å². The zero-order valence-electron chi connectivity index (χ0n) is 9.96. The van der Waals surface area contributed by atoms with E-state index in [2.05, 4.69) is 22.0 Å². The fourth-order valence-corrected chi connectivity index (χ4v) is 2.43. The highest BCUT2D eigenvalue weighted by molar-refractivity contribution is 9.10. The molecule has 0 aliphatic carbocycles. The Morgan fingerprint density at radius 3 is 2.67 bits per heavy atom. The van der Waals surface area contributed by atoms with Gasteiger partial charge < -0.3 is 0 Å². The lowest BCUT2D eigenvalue weighted by Crippen LogP contribution is -1.97. The molecule has 0 saturated heterocycles. The molecule has 1 unspecified atom stereocenters. The predicted octanol–water partition coefficient (Wildman–Crippen LogP) is 5.42. The van der Waals surface area contributed by atoms with Crippen LogP contribution in [0.2, 0.25) is 0 Å². The maximum Gasteiger partial charge on any atom is 0.137 e. The summed E-state index contributed by atoms with van der Waals surface area (Å²) < 4.78 is 13.9. The quantitative estimate of drug-likeness (QED) is 0.660. The van der Waals surface area contributed by atoms with Crippen molar-refractivity contribution in [2.75, 3.05) is 0 Å². The minimum Gasteiger partial charge on any atom is -0.206 e. The zero-order chi connectivity index (χ0) is 13.1. The van der Waals surface area contributed by atoms with Crippen molar-refractivity contribution >= 4 is 27.5 Å². The molecule has 0 radical (unpaired) electrons. The van der Waals surface area contributed by atoms with Gasteiger partial charge in [-0.3, -0.25) is 0 Å². The molecule has 1 atom stereocenters. The van der Waals surface area contributed by atoms with E-state index in [0.29, 0.717) is 10.9 Å².